The number of carbonyl (C=O) groups is 1. The van der Waals surface area contributed by atoms with Crippen LogP contribution in [0.3, 0.4) is 0 Å². The summed E-state index contributed by atoms with van der Waals surface area (Å²) in [5.41, 5.74) is 0.702. The molecule has 0 spiro atoms. The molecule has 0 aliphatic carbocycles. The first-order chi connectivity index (χ1) is 7.47. The highest BCUT2D eigenvalue weighted by molar-refractivity contribution is 5.70. The molecule has 0 fully saturated rings. The molecule has 0 unspecified atom stereocenters. The lowest BCUT2D eigenvalue weighted by molar-refractivity contribution is -0.132. The molecular weight excluding hydrogens is 208 g/mol. The average molecular weight is 224 g/mol. The van der Waals surface area contributed by atoms with Crippen molar-refractivity contribution in [3.8, 4) is 5.75 Å². The maximum absolute atomic E-state index is 11.4. The average Bonchev–Trinajstić information content (AvgIpc) is 2.19. The summed E-state index contributed by atoms with van der Waals surface area (Å²) in [4.78, 5) is 22.4. The normalized spacial score (nSPS) is 10.2. The molecule has 88 valence electrons. The van der Waals surface area contributed by atoms with Gasteiger partial charge in [-0.25, -0.2) is 4.79 Å². The molecular formula is C12H16O4. The van der Waals surface area contributed by atoms with Crippen LogP contribution in [0, 0.1) is 13.8 Å². The lowest BCUT2D eigenvalue weighted by atomic mass is 10.1. The van der Waals surface area contributed by atoms with Gasteiger partial charge in [-0.05, 0) is 20.3 Å². The monoisotopic (exact) mass is 224 g/mol. The van der Waals surface area contributed by atoms with E-state index in [0.29, 0.717) is 17.1 Å². The molecule has 0 aliphatic rings. The maximum atomic E-state index is 11.4. The van der Waals surface area contributed by atoms with Gasteiger partial charge in [-0.3, -0.25) is 4.79 Å². The lowest BCUT2D eigenvalue weighted by Gasteiger charge is -2.11. The second kappa shape index (κ2) is 4.96. The SMILES string of the molecule is CCCc1c(C)oc(=O)c(C)c1OC(C)=O. The number of rotatable bonds is 3. The fourth-order valence-electron chi connectivity index (χ4n) is 1.58. The highest BCUT2D eigenvalue weighted by Crippen LogP contribution is 2.25. The van der Waals surface area contributed by atoms with Crippen LogP contribution in [0.1, 0.15) is 37.2 Å². The topological polar surface area (TPSA) is 56.5 Å². The summed E-state index contributed by atoms with van der Waals surface area (Å²) >= 11 is 0. The Balaban J connectivity index is 3.38. The smallest absolute Gasteiger partial charge is 0.342 e. The van der Waals surface area contributed by atoms with E-state index in [-0.39, 0.29) is 0 Å². The number of aryl methyl sites for hydroxylation is 1. The fourth-order valence-corrected chi connectivity index (χ4v) is 1.58. The van der Waals surface area contributed by atoms with Crippen LogP contribution in [0.5, 0.6) is 5.75 Å². The summed E-state index contributed by atoms with van der Waals surface area (Å²) in [5.74, 6) is 0.460. The van der Waals surface area contributed by atoms with Gasteiger partial charge in [0.15, 0.2) is 0 Å². The number of esters is 1. The van der Waals surface area contributed by atoms with Gasteiger partial charge in [0, 0.05) is 12.5 Å². The number of hydrogen-bond acceptors (Lipinski definition) is 4. The molecule has 4 heteroatoms. The standard InChI is InChI=1S/C12H16O4/c1-5-6-10-8(3)15-12(14)7(2)11(10)16-9(4)13/h5-6H2,1-4H3. The van der Waals surface area contributed by atoms with Crippen LogP contribution >= 0.6 is 0 Å². The Morgan fingerprint density at radius 2 is 2.00 bits per heavy atom. The quantitative estimate of drug-likeness (QED) is 0.738. The lowest BCUT2D eigenvalue weighted by Crippen LogP contribution is -2.14. The molecule has 0 aromatic carbocycles. The van der Waals surface area contributed by atoms with Crippen LogP contribution in [0.4, 0.5) is 0 Å². The predicted octanol–water partition coefficient (Wildman–Crippen LogP) is 2.13. The molecule has 0 bridgehead atoms. The van der Waals surface area contributed by atoms with Gasteiger partial charge in [-0.15, -0.1) is 0 Å². The highest BCUT2D eigenvalue weighted by Gasteiger charge is 2.16. The first-order valence-corrected chi connectivity index (χ1v) is 5.29. The minimum absolute atomic E-state index is 0.351. The van der Waals surface area contributed by atoms with Gasteiger partial charge in [0.2, 0.25) is 0 Å². The third kappa shape index (κ3) is 2.51. The van der Waals surface area contributed by atoms with Crippen molar-refractivity contribution in [2.45, 2.75) is 40.5 Å². The Morgan fingerprint density at radius 1 is 1.38 bits per heavy atom. The number of ether oxygens (including phenoxy) is 1. The van der Waals surface area contributed by atoms with E-state index in [4.69, 9.17) is 9.15 Å². The van der Waals surface area contributed by atoms with Crippen molar-refractivity contribution in [2.75, 3.05) is 0 Å². The van der Waals surface area contributed by atoms with Crippen molar-refractivity contribution < 1.29 is 13.9 Å². The summed E-state index contributed by atoms with van der Waals surface area (Å²) in [6.07, 6.45) is 1.61. The summed E-state index contributed by atoms with van der Waals surface area (Å²) < 4.78 is 10.2. The van der Waals surface area contributed by atoms with E-state index < -0.39 is 11.6 Å². The van der Waals surface area contributed by atoms with Crippen LogP contribution in [-0.4, -0.2) is 5.97 Å². The maximum Gasteiger partial charge on any atom is 0.342 e. The zero-order valence-corrected chi connectivity index (χ0v) is 10.0. The molecule has 0 amide bonds. The highest BCUT2D eigenvalue weighted by atomic mass is 16.5. The molecule has 4 nitrogen and oxygen atoms in total. The number of carbonyl (C=O) groups excluding carboxylic acids is 1. The van der Waals surface area contributed by atoms with E-state index in [0.717, 1.165) is 18.4 Å². The summed E-state index contributed by atoms with van der Waals surface area (Å²) in [7, 11) is 0. The Kier molecular flexibility index (Phi) is 3.88. The van der Waals surface area contributed by atoms with Crippen molar-refractivity contribution in [2.24, 2.45) is 0 Å². The molecule has 0 aliphatic heterocycles. The molecule has 1 heterocycles. The van der Waals surface area contributed by atoms with Gasteiger partial charge in [0.05, 0.1) is 5.56 Å². The van der Waals surface area contributed by atoms with Gasteiger partial charge in [-0.2, -0.15) is 0 Å². The Morgan fingerprint density at radius 3 is 2.50 bits per heavy atom. The van der Waals surface area contributed by atoms with Gasteiger partial charge >= 0.3 is 11.6 Å². The van der Waals surface area contributed by atoms with E-state index in [1.807, 2.05) is 6.92 Å². The summed E-state index contributed by atoms with van der Waals surface area (Å²) in [6, 6.07) is 0. The van der Waals surface area contributed by atoms with Crippen LogP contribution in [0.2, 0.25) is 0 Å². The molecule has 0 N–H and O–H groups in total. The van der Waals surface area contributed by atoms with E-state index in [2.05, 4.69) is 0 Å². The molecule has 0 radical (unpaired) electrons. The van der Waals surface area contributed by atoms with Crippen molar-refractivity contribution in [3.05, 3.63) is 27.3 Å². The van der Waals surface area contributed by atoms with Gasteiger partial charge in [0.1, 0.15) is 11.5 Å². The molecule has 0 atom stereocenters. The second-order valence-corrected chi connectivity index (χ2v) is 3.72. The molecule has 0 saturated carbocycles. The van der Waals surface area contributed by atoms with Gasteiger partial charge in [-0.1, -0.05) is 13.3 Å². The molecule has 16 heavy (non-hydrogen) atoms. The molecule has 1 aromatic heterocycles. The zero-order chi connectivity index (χ0) is 12.3. The molecule has 1 aromatic rings. The molecule has 0 saturated heterocycles. The van der Waals surface area contributed by atoms with Crippen LogP contribution in [0.15, 0.2) is 9.21 Å². The van der Waals surface area contributed by atoms with Crippen LogP contribution < -0.4 is 10.4 Å². The third-order valence-electron chi connectivity index (χ3n) is 2.34. The van der Waals surface area contributed by atoms with Gasteiger partial charge < -0.3 is 9.15 Å². The summed E-state index contributed by atoms with van der Waals surface area (Å²) in [6.45, 7) is 6.64. The van der Waals surface area contributed by atoms with Crippen molar-refractivity contribution in [1.82, 2.24) is 0 Å². The molecule has 1 rings (SSSR count). The van der Waals surface area contributed by atoms with Crippen LogP contribution in [0.25, 0.3) is 0 Å². The van der Waals surface area contributed by atoms with E-state index in [1.54, 1.807) is 13.8 Å². The number of hydrogen-bond donors (Lipinski definition) is 0. The first kappa shape index (κ1) is 12.5. The zero-order valence-electron chi connectivity index (χ0n) is 10.0. The van der Waals surface area contributed by atoms with Crippen molar-refractivity contribution in [1.29, 1.82) is 0 Å². The largest absolute Gasteiger partial charge is 0.427 e. The van der Waals surface area contributed by atoms with Crippen molar-refractivity contribution >= 4 is 5.97 Å². The third-order valence-corrected chi connectivity index (χ3v) is 2.34. The first-order valence-electron chi connectivity index (χ1n) is 5.29. The Labute approximate surface area is 94.2 Å². The Bertz CT molecular complexity index is 457. The van der Waals surface area contributed by atoms with E-state index in [9.17, 15) is 9.59 Å². The fraction of sp³-hybridized carbons (Fsp3) is 0.500. The Hall–Kier alpha value is -1.58. The van der Waals surface area contributed by atoms with Gasteiger partial charge in [0.25, 0.3) is 0 Å². The van der Waals surface area contributed by atoms with E-state index in [1.165, 1.54) is 6.92 Å². The summed E-state index contributed by atoms with van der Waals surface area (Å²) in [5, 5.41) is 0. The van der Waals surface area contributed by atoms with Crippen LogP contribution in [-0.2, 0) is 11.2 Å². The van der Waals surface area contributed by atoms with Crippen molar-refractivity contribution in [3.63, 3.8) is 0 Å². The second-order valence-electron chi connectivity index (χ2n) is 3.72. The minimum atomic E-state index is -0.450. The minimum Gasteiger partial charge on any atom is -0.427 e. The predicted molar refractivity (Wildman–Crippen MR) is 59.8 cm³/mol. The van der Waals surface area contributed by atoms with E-state index >= 15 is 0 Å².